The average molecular weight is 227 g/mol. The van der Waals surface area contributed by atoms with Crippen LogP contribution in [0.3, 0.4) is 0 Å². The van der Waals surface area contributed by atoms with E-state index in [2.05, 4.69) is 16.4 Å². The summed E-state index contributed by atoms with van der Waals surface area (Å²) in [7, 11) is 0. The van der Waals surface area contributed by atoms with Crippen LogP contribution in [0.4, 0.5) is 0 Å². The van der Waals surface area contributed by atoms with Crippen molar-refractivity contribution in [3.8, 4) is 5.75 Å². The number of nitrogens with zero attached hydrogens (tertiary/aromatic N) is 1. The van der Waals surface area contributed by atoms with Crippen LogP contribution in [-0.2, 0) is 5.11 Å². The summed E-state index contributed by atoms with van der Waals surface area (Å²) in [6, 6.07) is 7.57. The maximum absolute atomic E-state index is 12.0. The predicted octanol–water partition coefficient (Wildman–Crippen LogP) is 2.85. The molecule has 87 valence electrons. The van der Waals surface area contributed by atoms with Gasteiger partial charge in [0.2, 0.25) is 0 Å². The fourth-order valence-electron chi connectivity index (χ4n) is 2.68. The number of piperidine rings is 1. The van der Waals surface area contributed by atoms with Gasteiger partial charge in [0.15, 0.2) is 5.75 Å². The molecular weight excluding hydrogens is 212 g/mol. The van der Waals surface area contributed by atoms with Crippen LogP contribution < -0.4 is 5.32 Å². The van der Waals surface area contributed by atoms with E-state index in [-0.39, 0.29) is 5.75 Å². The summed E-state index contributed by atoms with van der Waals surface area (Å²) >= 11 is 0. The standard InChI is InChI=1S/C14H15N2O/c17-13-6-9-16-12-3-1-2-11(14(12)13)10-4-7-15-8-5-10/h1-3,6,9-10,15H,4-5,7-8H2. The van der Waals surface area contributed by atoms with Crippen molar-refractivity contribution in [2.45, 2.75) is 18.8 Å². The molecule has 1 aromatic heterocycles. The maximum atomic E-state index is 12.0. The monoisotopic (exact) mass is 227 g/mol. The highest BCUT2D eigenvalue weighted by molar-refractivity contribution is 5.88. The fraction of sp³-hybridized carbons (Fsp3) is 0.357. The van der Waals surface area contributed by atoms with Gasteiger partial charge in [-0.3, -0.25) is 10.1 Å². The largest absolute Gasteiger partial charge is 0.317 e. The van der Waals surface area contributed by atoms with Gasteiger partial charge in [0.05, 0.1) is 10.9 Å². The topological polar surface area (TPSA) is 44.8 Å². The Balaban J connectivity index is 2.14. The Morgan fingerprint density at radius 3 is 2.82 bits per heavy atom. The minimum Gasteiger partial charge on any atom is -0.317 e. The van der Waals surface area contributed by atoms with Crippen LogP contribution >= 0.6 is 0 Å². The van der Waals surface area contributed by atoms with Gasteiger partial charge in [0.1, 0.15) is 0 Å². The van der Waals surface area contributed by atoms with Crippen molar-refractivity contribution in [3.05, 3.63) is 36.0 Å². The van der Waals surface area contributed by atoms with E-state index in [0.717, 1.165) is 36.8 Å². The van der Waals surface area contributed by atoms with Gasteiger partial charge in [-0.1, -0.05) is 12.1 Å². The van der Waals surface area contributed by atoms with Gasteiger partial charge < -0.3 is 5.32 Å². The summed E-state index contributed by atoms with van der Waals surface area (Å²) in [5.41, 5.74) is 2.01. The SMILES string of the molecule is [O]c1ccnc2cccc(C3CCNCC3)c12. The van der Waals surface area contributed by atoms with E-state index in [1.807, 2.05) is 12.1 Å². The molecule has 0 aliphatic carbocycles. The first-order valence-corrected chi connectivity index (χ1v) is 6.11. The zero-order valence-electron chi connectivity index (χ0n) is 9.65. The molecule has 1 aliphatic rings. The first-order chi connectivity index (χ1) is 8.36. The second-order valence-corrected chi connectivity index (χ2v) is 4.57. The van der Waals surface area contributed by atoms with Crippen LogP contribution in [0, 0.1) is 0 Å². The third-order valence-electron chi connectivity index (χ3n) is 3.54. The van der Waals surface area contributed by atoms with Gasteiger partial charge in [-0.2, -0.15) is 0 Å². The lowest BCUT2D eigenvalue weighted by molar-refractivity contribution is 0.359. The van der Waals surface area contributed by atoms with Crippen LogP contribution in [-0.4, -0.2) is 18.1 Å². The van der Waals surface area contributed by atoms with E-state index in [4.69, 9.17) is 0 Å². The van der Waals surface area contributed by atoms with Crippen molar-refractivity contribution < 1.29 is 5.11 Å². The van der Waals surface area contributed by atoms with Crippen molar-refractivity contribution in [1.29, 1.82) is 0 Å². The number of aromatic nitrogens is 1. The van der Waals surface area contributed by atoms with E-state index in [1.165, 1.54) is 5.56 Å². The molecule has 1 aliphatic heterocycles. The first kappa shape index (κ1) is 10.5. The van der Waals surface area contributed by atoms with Crippen LogP contribution in [0.2, 0.25) is 0 Å². The molecule has 17 heavy (non-hydrogen) atoms. The molecule has 0 unspecified atom stereocenters. The summed E-state index contributed by atoms with van der Waals surface area (Å²) in [4.78, 5) is 4.28. The van der Waals surface area contributed by atoms with Gasteiger partial charge in [-0.15, -0.1) is 0 Å². The number of rotatable bonds is 1. The summed E-state index contributed by atoms with van der Waals surface area (Å²) in [5, 5.41) is 16.2. The Labute approximate surface area is 100 Å². The molecular formula is C14H15N2O. The quantitative estimate of drug-likeness (QED) is 0.814. The Morgan fingerprint density at radius 2 is 2.00 bits per heavy atom. The summed E-state index contributed by atoms with van der Waals surface area (Å²) < 4.78 is 0. The van der Waals surface area contributed by atoms with E-state index >= 15 is 0 Å². The summed E-state index contributed by atoms with van der Waals surface area (Å²) in [6.45, 7) is 2.07. The number of fused-ring (bicyclic) bond motifs is 1. The lowest BCUT2D eigenvalue weighted by atomic mass is 9.87. The van der Waals surface area contributed by atoms with Gasteiger partial charge in [0.25, 0.3) is 0 Å². The minimum atomic E-state index is 0.101. The van der Waals surface area contributed by atoms with Crippen LogP contribution in [0.5, 0.6) is 5.75 Å². The third-order valence-corrected chi connectivity index (χ3v) is 3.54. The Morgan fingerprint density at radius 1 is 1.18 bits per heavy atom. The lowest BCUT2D eigenvalue weighted by Crippen LogP contribution is -2.26. The zero-order chi connectivity index (χ0) is 11.7. The fourth-order valence-corrected chi connectivity index (χ4v) is 2.68. The van der Waals surface area contributed by atoms with Crippen molar-refractivity contribution in [2.75, 3.05) is 13.1 Å². The Hall–Kier alpha value is -1.61. The van der Waals surface area contributed by atoms with Gasteiger partial charge >= 0.3 is 0 Å². The van der Waals surface area contributed by atoms with Crippen molar-refractivity contribution in [2.24, 2.45) is 0 Å². The molecule has 3 nitrogen and oxygen atoms in total. The average Bonchev–Trinajstić information content (AvgIpc) is 2.39. The number of hydrogen-bond acceptors (Lipinski definition) is 2. The van der Waals surface area contributed by atoms with Gasteiger partial charge in [-0.05, 0) is 43.5 Å². The molecule has 0 atom stereocenters. The van der Waals surface area contributed by atoms with Crippen LogP contribution in [0.25, 0.3) is 10.9 Å². The Bertz CT molecular complexity index is 527. The number of benzene rings is 1. The molecule has 3 rings (SSSR count). The van der Waals surface area contributed by atoms with E-state index in [9.17, 15) is 5.11 Å². The Kier molecular flexibility index (Phi) is 2.69. The predicted molar refractivity (Wildman–Crippen MR) is 66.7 cm³/mol. The molecule has 1 saturated heterocycles. The van der Waals surface area contributed by atoms with E-state index in [1.54, 1.807) is 12.3 Å². The molecule has 1 N–H and O–H groups in total. The van der Waals surface area contributed by atoms with E-state index in [0.29, 0.717) is 5.92 Å². The van der Waals surface area contributed by atoms with E-state index < -0.39 is 0 Å². The second kappa shape index (κ2) is 4.34. The first-order valence-electron chi connectivity index (χ1n) is 6.11. The molecule has 0 saturated carbocycles. The minimum absolute atomic E-state index is 0.101. The van der Waals surface area contributed by atoms with Crippen molar-refractivity contribution >= 4 is 10.9 Å². The molecule has 2 heterocycles. The molecule has 1 radical (unpaired) electrons. The van der Waals surface area contributed by atoms with Gasteiger partial charge in [-0.25, -0.2) is 0 Å². The lowest BCUT2D eigenvalue weighted by Gasteiger charge is -2.24. The third kappa shape index (κ3) is 1.87. The molecule has 0 spiro atoms. The smallest absolute Gasteiger partial charge is 0.189 e. The molecule has 1 aromatic carbocycles. The molecule has 1 fully saturated rings. The summed E-state index contributed by atoms with van der Waals surface area (Å²) in [6.07, 6.45) is 3.80. The zero-order valence-corrected chi connectivity index (χ0v) is 9.65. The highest BCUT2D eigenvalue weighted by Crippen LogP contribution is 2.35. The second-order valence-electron chi connectivity index (χ2n) is 4.57. The van der Waals surface area contributed by atoms with Gasteiger partial charge in [0, 0.05) is 12.3 Å². The normalized spacial score (nSPS) is 17.4. The molecule has 0 amide bonds. The molecule has 2 aromatic rings. The number of hydrogen-bond donors (Lipinski definition) is 1. The molecule has 3 heteroatoms. The highest BCUT2D eigenvalue weighted by atomic mass is 16.3. The maximum Gasteiger partial charge on any atom is 0.189 e. The van der Waals surface area contributed by atoms with Crippen LogP contribution in [0.1, 0.15) is 24.3 Å². The summed E-state index contributed by atoms with van der Waals surface area (Å²) in [5.74, 6) is 0.598. The highest BCUT2D eigenvalue weighted by Gasteiger charge is 2.19. The number of pyridine rings is 1. The number of nitrogens with one attached hydrogen (secondary N) is 1. The molecule has 0 bridgehead atoms. The van der Waals surface area contributed by atoms with Crippen LogP contribution in [0.15, 0.2) is 30.5 Å². The van der Waals surface area contributed by atoms with Crippen molar-refractivity contribution in [3.63, 3.8) is 0 Å². The van der Waals surface area contributed by atoms with Crippen molar-refractivity contribution in [1.82, 2.24) is 10.3 Å².